The van der Waals surface area contributed by atoms with Crippen LogP contribution >= 0.6 is 0 Å². The van der Waals surface area contributed by atoms with Gasteiger partial charge in [0, 0.05) is 18.3 Å². The molecule has 0 bridgehead atoms. The highest BCUT2D eigenvalue weighted by Gasteiger charge is 2.14. The summed E-state index contributed by atoms with van der Waals surface area (Å²) in [5.74, 6) is -2.85. The van der Waals surface area contributed by atoms with Crippen molar-refractivity contribution >= 4 is 16.9 Å². The summed E-state index contributed by atoms with van der Waals surface area (Å²) in [7, 11) is 0. The van der Waals surface area contributed by atoms with E-state index in [4.69, 9.17) is 9.84 Å². The Morgan fingerprint density at radius 1 is 1.21 bits per heavy atom. The van der Waals surface area contributed by atoms with Gasteiger partial charge in [0.05, 0.1) is 22.7 Å². The number of hydrogen-bond acceptors (Lipinski definition) is 5. The molecule has 2 aromatic heterocycles. The first-order valence-electron chi connectivity index (χ1n) is 7.86. The molecule has 0 fully saturated rings. The number of carboxylic acid groups (broad SMARTS) is 1. The average molecular weight is 384 g/mol. The Morgan fingerprint density at radius 3 is 2.75 bits per heavy atom. The lowest BCUT2D eigenvalue weighted by Crippen LogP contribution is -2.14. The molecule has 2 aromatic carbocycles. The Morgan fingerprint density at radius 2 is 2.04 bits per heavy atom. The molecule has 0 saturated heterocycles. The maximum absolute atomic E-state index is 14.4. The first-order chi connectivity index (χ1) is 13.4. The minimum absolute atomic E-state index is 0.00946. The Hall–Kier alpha value is -4.08. The maximum Gasteiger partial charge on any atom is 0.338 e. The second kappa shape index (κ2) is 6.58. The number of carbonyl (C=O) groups is 1. The molecule has 0 aliphatic heterocycles. The van der Waals surface area contributed by atoms with Crippen LogP contribution < -0.4 is 10.3 Å². The fraction of sp³-hybridized carbons (Fsp3) is 0. The zero-order valence-corrected chi connectivity index (χ0v) is 13.9. The predicted octanol–water partition coefficient (Wildman–Crippen LogP) is 2.88. The van der Waals surface area contributed by atoms with Crippen molar-refractivity contribution in [2.45, 2.75) is 0 Å². The predicted molar refractivity (Wildman–Crippen MR) is 92.9 cm³/mol. The van der Waals surface area contributed by atoms with Gasteiger partial charge in [-0.25, -0.2) is 23.2 Å². The van der Waals surface area contributed by atoms with E-state index in [2.05, 4.69) is 15.1 Å². The van der Waals surface area contributed by atoms with Crippen LogP contribution in [0.5, 0.6) is 11.5 Å². The molecular weight excluding hydrogens is 374 g/mol. The van der Waals surface area contributed by atoms with Crippen LogP contribution in [0.4, 0.5) is 8.78 Å². The molecular formula is C18H10F2N4O4. The molecule has 0 unspecified atom stereocenters. The van der Waals surface area contributed by atoms with Crippen molar-refractivity contribution in [2.75, 3.05) is 0 Å². The van der Waals surface area contributed by atoms with E-state index in [-0.39, 0.29) is 33.9 Å². The highest BCUT2D eigenvalue weighted by atomic mass is 19.1. The average Bonchev–Trinajstić information content (AvgIpc) is 3.13. The minimum atomic E-state index is -1.19. The number of fused-ring (bicyclic) bond motifs is 1. The van der Waals surface area contributed by atoms with Gasteiger partial charge < -0.3 is 9.84 Å². The number of aromatic carboxylic acids is 1. The Kier molecular flexibility index (Phi) is 4.07. The monoisotopic (exact) mass is 384 g/mol. The summed E-state index contributed by atoms with van der Waals surface area (Å²) in [6.45, 7) is 0. The lowest BCUT2D eigenvalue weighted by Gasteiger charge is -2.09. The smallest absolute Gasteiger partial charge is 0.338 e. The van der Waals surface area contributed by atoms with Crippen molar-refractivity contribution in [1.29, 1.82) is 0 Å². The third kappa shape index (κ3) is 3.18. The van der Waals surface area contributed by atoms with Gasteiger partial charge in [0.25, 0.3) is 5.56 Å². The molecule has 28 heavy (non-hydrogen) atoms. The summed E-state index contributed by atoms with van der Waals surface area (Å²) < 4.78 is 34.0. The van der Waals surface area contributed by atoms with E-state index in [0.29, 0.717) is 0 Å². The van der Waals surface area contributed by atoms with Gasteiger partial charge in [-0.05, 0) is 18.2 Å². The molecule has 0 spiro atoms. The van der Waals surface area contributed by atoms with Gasteiger partial charge in [-0.2, -0.15) is 5.10 Å². The number of ether oxygens (including phenoxy) is 1. The van der Waals surface area contributed by atoms with Crippen molar-refractivity contribution < 1.29 is 23.4 Å². The number of carboxylic acids is 1. The van der Waals surface area contributed by atoms with E-state index in [0.717, 1.165) is 35.3 Å². The van der Waals surface area contributed by atoms with Gasteiger partial charge in [-0.1, -0.05) is 6.07 Å². The second-order valence-electron chi connectivity index (χ2n) is 5.73. The van der Waals surface area contributed by atoms with Gasteiger partial charge in [0.1, 0.15) is 11.6 Å². The van der Waals surface area contributed by atoms with Gasteiger partial charge in [-0.15, -0.1) is 0 Å². The molecule has 8 nitrogen and oxygen atoms in total. The maximum atomic E-state index is 14.4. The first kappa shape index (κ1) is 17.3. The SMILES string of the molecule is O=C(O)c1cnn(-c2nc3cc(F)c(Oc4cccc(F)c4)cc3c(=O)[nH]2)c1. The fourth-order valence-corrected chi connectivity index (χ4v) is 2.52. The molecule has 10 heteroatoms. The highest BCUT2D eigenvalue weighted by Crippen LogP contribution is 2.27. The molecule has 0 amide bonds. The van der Waals surface area contributed by atoms with Gasteiger partial charge in [0.2, 0.25) is 5.95 Å². The van der Waals surface area contributed by atoms with E-state index in [1.54, 1.807) is 0 Å². The Labute approximate surface area is 154 Å². The summed E-state index contributed by atoms with van der Waals surface area (Å²) in [4.78, 5) is 29.9. The number of aromatic amines is 1. The number of hydrogen-bond donors (Lipinski definition) is 2. The third-order valence-corrected chi connectivity index (χ3v) is 3.82. The molecule has 4 rings (SSSR count). The molecule has 140 valence electrons. The largest absolute Gasteiger partial charge is 0.478 e. The first-order valence-corrected chi connectivity index (χ1v) is 7.86. The minimum Gasteiger partial charge on any atom is -0.478 e. The lowest BCUT2D eigenvalue weighted by molar-refractivity contribution is 0.0697. The van der Waals surface area contributed by atoms with Crippen molar-refractivity contribution in [3.05, 3.63) is 76.3 Å². The van der Waals surface area contributed by atoms with Gasteiger partial charge in [-0.3, -0.25) is 9.78 Å². The summed E-state index contributed by atoms with van der Waals surface area (Å²) in [6.07, 6.45) is 2.24. The van der Waals surface area contributed by atoms with Crippen LogP contribution in [0, 0.1) is 11.6 Å². The number of H-pyrrole nitrogens is 1. The number of benzene rings is 2. The van der Waals surface area contributed by atoms with E-state index in [9.17, 15) is 18.4 Å². The van der Waals surface area contributed by atoms with Crippen LogP contribution in [0.1, 0.15) is 10.4 Å². The quantitative estimate of drug-likeness (QED) is 0.560. The number of nitrogens with zero attached hydrogens (tertiary/aromatic N) is 3. The molecule has 0 aliphatic carbocycles. The molecule has 2 heterocycles. The molecule has 2 N–H and O–H groups in total. The summed E-state index contributed by atoms with van der Waals surface area (Å²) >= 11 is 0. The Bertz CT molecular complexity index is 1280. The van der Waals surface area contributed by atoms with Crippen LogP contribution in [0.2, 0.25) is 0 Å². The van der Waals surface area contributed by atoms with Crippen LogP contribution in [0.25, 0.3) is 16.9 Å². The van der Waals surface area contributed by atoms with Crippen molar-refractivity contribution in [2.24, 2.45) is 0 Å². The summed E-state index contributed by atoms with van der Waals surface area (Å²) in [5, 5.41) is 12.8. The van der Waals surface area contributed by atoms with Gasteiger partial charge in [0.15, 0.2) is 11.6 Å². The molecule has 0 radical (unpaired) electrons. The van der Waals surface area contributed by atoms with E-state index >= 15 is 0 Å². The molecule has 0 aliphatic rings. The van der Waals surface area contributed by atoms with Crippen molar-refractivity contribution in [3.63, 3.8) is 0 Å². The van der Waals surface area contributed by atoms with Crippen molar-refractivity contribution in [1.82, 2.24) is 19.7 Å². The number of nitrogens with one attached hydrogen (secondary N) is 1. The summed E-state index contributed by atoms with van der Waals surface area (Å²) in [5.41, 5.74) is -0.709. The van der Waals surface area contributed by atoms with Crippen LogP contribution in [0.3, 0.4) is 0 Å². The third-order valence-electron chi connectivity index (χ3n) is 3.82. The Balaban J connectivity index is 1.77. The van der Waals surface area contributed by atoms with Crippen molar-refractivity contribution in [3.8, 4) is 17.4 Å². The molecule has 4 aromatic rings. The van der Waals surface area contributed by atoms with Crippen LogP contribution in [-0.2, 0) is 0 Å². The zero-order valence-electron chi connectivity index (χ0n) is 13.9. The number of halogens is 2. The van der Waals surface area contributed by atoms with E-state index in [1.165, 1.54) is 18.2 Å². The van der Waals surface area contributed by atoms with Crippen LogP contribution in [-0.4, -0.2) is 30.8 Å². The lowest BCUT2D eigenvalue weighted by atomic mass is 10.2. The van der Waals surface area contributed by atoms with Crippen LogP contribution in [0.15, 0.2) is 53.6 Å². The topological polar surface area (TPSA) is 110 Å². The normalized spacial score (nSPS) is 10.9. The number of rotatable bonds is 4. The standard InChI is InChI=1S/C18H10F2N4O4/c19-10-2-1-3-11(4-10)28-15-5-12-14(6-13(15)20)22-18(23-16(12)25)24-8-9(7-21-24)17(26)27/h1-8H,(H,26,27)(H,22,23,25). The zero-order chi connectivity index (χ0) is 19.8. The summed E-state index contributed by atoms with van der Waals surface area (Å²) in [6, 6.07) is 7.27. The number of aromatic nitrogens is 4. The second-order valence-corrected chi connectivity index (χ2v) is 5.73. The highest BCUT2D eigenvalue weighted by molar-refractivity contribution is 5.87. The molecule has 0 atom stereocenters. The van der Waals surface area contributed by atoms with E-state index < -0.39 is 23.2 Å². The van der Waals surface area contributed by atoms with Gasteiger partial charge >= 0.3 is 5.97 Å². The van der Waals surface area contributed by atoms with E-state index in [1.807, 2.05) is 0 Å². The fourth-order valence-electron chi connectivity index (χ4n) is 2.52. The molecule has 0 saturated carbocycles.